The maximum Gasteiger partial charge on any atom is 0.0174 e. The summed E-state index contributed by atoms with van der Waals surface area (Å²) in [6.45, 7) is 14.1. The molecule has 78 valence electrons. The van der Waals surface area contributed by atoms with Crippen LogP contribution in [0.3, 0.4) is 0 Å². The van der Waals surface area contributed by atoms with E-state index in [2.05, 4.69) is 6.58 Å². The summed E-state index contributed by atoms with van der Waals surface area (Å²) in [4.78, 5) is 0. The molecule has 13 heavy (non-hydrogen) atoms. The maximum atomic E-state index is 5.37. The molecule has 0 saturated carbocycles. The Balaban J connectivity index is -0.000000218. The SMILES string of the molecule is C=C/C=C\C(=C/C)CN.CC.CC. The van der Waals surface area contributed by atoms with E-state index < -0.39 is 0 Å². The van der Waals surface area contributed by atoms with Gasteiger partial charge in [0.15, 0.2) is 0 Å². The molecule has 0 aromatic rings. The molecule has 2 N–H and O–H groups in total. The molecular formula is C12H25N. The van der Waals surface area contributed by atoms with Gasteiger partial charge in [0.2, 0.25) is 0 Å². The molecule has 0 aliphatic rings. The summed E-state index contributed by atoms with van der Waals surface area (Å²) in [6.07, 6.45) is 7.55. The third kappa shape index (κ3) is 18.3. The Hall–Kier alpha value is -0.820. The highest BCUT2D eigenvalue weighted by Crippen LogP contribution is 1.92. The normalized spacial score (nSPS) is 9.54. The van der Waals surface area contributed by atoms with E-state index >= 15 is 0 Å². The minimum atomic E-state index is 0.598. The third-order valence-corrected chi connectivity index (χ3v) is 1.05. The molecule has 0 amide bonds. The second-order valence-electron chi connectivity index (χ2n) is 1.66. The molecule has 0 rings (SSSR count). The van der Waals surface area contributed by atoms with Crippen molar-refractivity contribution in [1.29, 1.82) is 0 Å². The molecule has 0 aliphatic heterocycles. The van der Waals surface area contributed by atoms with Gasteiger partial charge in [-0.1, -0.05) is 58.6 Å². The summed E-state index contributed by atoms with van der Waals surface area (Å²) >= 11 is 0. The molecule has 1 heteroatoms. The van der Waals surface area contributed by atoms with Crippen LogP contribution in [0.4, 0.5) is 0 Å². The fourth-order valence-corrected chi connectivity index (χ4v) is 0.474. The van der Waals surface area contributed by atoms with Crippen LogP contribution in [-0.2, 0) is 0 Å². The Kier molecular flexibility index (Phi) is 31.2. The van der Waals surface area contributed by atoms with E-state index in [4.69, 9.17) is 5.73 Å². The van der Waals surface area contributed by atoms with Gasteiger partial charge in [0, 0.05) is 6.54 Å². The van der Waals surface area contributed by atoms with Crippen molar-refractivity contribution < 1.29 is 0 Å². The molecule has 0 aromatic carbocycles. The van der Waals surface area contributed by atoms with Crippen LogP contribution in [0.15, 0.2) is 36.5 Å². The van der Waals surface area contributed by atoms with Crippen LogP contribution >= 0.6 is 0 Å². The minimum Gasteiger partial charge on any atom is -0.327 e. The van der Waals surface area contributed by atoms with Crippen molar-refractivity contribution >= 4 is 0 Å². The number of hydrogen-bond acceptors (Lipinski definition) is 1. The first kappa shape index (κ1) is 18.1. The standard InChI is InChI=1S/C8H13N.2C2H6/c1-3-5-6-8(4-2)7-9;2*1-2/h3-6H,1,7,9H2,2H3;2*1-2H3/b6-5-,8-4+;;. The van der Waals surface area contributed by atoms with E-state index in [0.29, 0.717) is 6.54 Å². The van der Waals surface area contributed by atoms with Crippen LogP contribution in [0, 0.1) is 0 Å². The monoisotopic (exact) mass is 183 g/mol. The van der Waals surface area contributed by atoms with E-state index in [-0.39, 0.29) is 0 Å². The molecule has 0 bridgehead atoms. The summed E-state index contributed by atoms with van der Waals surface area (Å²) in [6, 6.07) is 0. The van der Waals surface area contributed by atoms with Crippen LogP contribution in [0.25, 0.3) is 0 Å². The lowest BCUT2D eigenvalue weighted by atomic mass is 10.2. The zero-order valence-corrected chi connectivity index (χ0v) is 9.80. The lowest BCUT2D eigenvalue weighted by Gasteiger charge is -1.90. The lowest BCUT2D eigenvalue weighted by molar-refractivity contribution is 1.18. The summed E-state index contributed by atoms with van der Waals surface area (Å²) < 4.78 is 0. The summed E-state index contributed by atoms with van der Waals surface area (Å²) in [5.74, 6) is 0. The van der Waals surface area contributed by atoms with Crippen molar-refractivity contribution in [3.05, 3.63) is 36.5 Å². The van der Waals surface area contributed by atoms with Crippen molar-refractivity contribution in [2.24, 2.45) is 5.73 Å². The quantitative estimate of drug-likeness (QED) is 0.664. The smallest absolute Gasteiger partial charge is 0.0174 e. The number of rotatable bonds is 3. The van der Waals surface area contributed by atoms with Gasteiger partial charge >= 0.3 is 0 Å². The average Bonchev–Trinajstić information content (AvgIpc) is 2.25. The van der Waals surface area contributed by atoms with Gasteiger partial charge in [0.25, 0.3) is 0 Å². The van der Waals surface area contributed by atoms with E-state index in [1.54, 1.807) is 6.08 Å². The number of hydrogen-bond donors (Lipinski definition) is 1. The van der Waals surface area contributed by atoms with Crippen LogP contribution in [0.1, 0.15) is 34.6 Å². The molecule has 0 radical (unpaired) electrons. The van der Waals surface area contributed by atoms with Crippen molar-refractivity contribution in [3.8, 4) is 0 Å². The van der Waals surface area contributed by atoms with Crippen LogP contribution in [0.2, 0.25) is 0 Å². The highest BCUT2D eigenvalue weighted by atomic mass is 14.5. The van der Waals surface area contributed by atoms with Gasteiger partial charge in [-0.2, -0.15) is 0 Å². The minimum absolute atomic E-state index is 0.598. The number of nitrogens with two attached hydrogens (primary N) is 1. The van der Waals surface area contributed by atoms with E-state index in [9.17, 15) is 0 Å². The molecule has 0 aromatic heterocycles. The molecule has 0 atom stereocenters. The Labute approximate surface area is 84.0 Å². The van der Waals surface area contributed by atoms with Crippen LogP contribution < -0.4 is 5.73 Å². The van der Waals surface area contributed by atoms with Crippen molar-refractivity contribution in [2.75, 3.05) is 6.54 Å². The van der Waals surface area contributed by atoms with E-state index in [1.165, 1.54) is 0 Å². The summed E-state index contributed by atoms with van der Waals surface area (Å²) in [7, 11) is 0. The molecular weight excluding hydrogens is 158 g/mol. The summed E-state index contributed by atoms with van der Waals surface area (Å²) in [5.41, 5.74) is 6.50. The largest absolute Gasteiger partial charge is 0.327 e. The van der Waals surface area contributed by atoms with Gasteiger partial charge in [0.1, 0.15) is 0 Å². The van der Waals surface area contributed by atoms with Crippen molar-refractivity contribution in [1.82, 2.24) is 0 Å². The van der Waals surface area contributed by atoms with E-state index in [0.717, 1.165) is 5.57 Å². The van der Waals surface area contributed by atoms with Gasteiger partial charge < -0.3 is 5.73 Å². The van der Waals surface area contributed by atoms with Crippen LogP contribution in [-0.4, -0.2) is 6.54 Å². The molecule has 0 heterocycles. The molecule has 0 unspecified atom stereocenters. The Morgan fingerprint density at radius 1 is 1.23 bits per heavy atom. The lowest BCUT2D eigenvalue weighted by Crippen LogP contribution is -1.99. The zero-order chi connectivity index (χ0) is 11.1. The van der Waals surface area contributed by atoms with Gasteiger partial charge in [-0.05, 0) is 12.5 Å². The van der Waals surface area contributed by atoms with Crippen molar-refractivity contribution in [3.63, 3.8) is 0 Å². The van der Waals surface area contributed by atoms with E-state index in [1.807, 2.05) is 52.8 Å². The Bertz CT molecular complexity index is 132. The average molecular weight is 183 g/mol. The topological polar surface area (TPSA) is 26.0 Å². The van der Waals surface area contributed by atoms with Gasteiger partial charge in [0.05, 0.1) is 0 Å². The predicted octanol–water partition coefficient (Wildman–Crippen LogP) is 3.69. The highest BCUT2D eigenvalue weighted by molar-refractivity contribution is 5.21. The molecule has 0 spiro atoms. The number of allylic oxidation sites excluding steroid dienone is 3. The van der Waals surface area contributed by atoms with Gasteiger partial charge in [-0.15, -0.1) is 0 Å². The molecule has 0 aliphatic carbocycles. The second kappa shape index (κ2) is 22.5. The van der Waals surface area contributed by atoms with Crippen LogP contribution in [0.5, 0.6) is 0 Å². The van der Waals surface area contributed by atoms with Gasteiger partial charge in [-0.3, -0.25) is 0 Å². The first-order chi connectivity index (χ1) is 6.35. The predicted molar refractivity (Wildman–Crippen MR) is 64.8 cm³/mol. The van der Waals surface area contributed by atoms with Crippen molar-refractivity contribution in [2.45, 2.75) is 34.6 Å². The highest BCUT2D eigenvalue weighted by Gasteiger charge is 1.80. The second-order valence-corrected chi connectivity index (χ2v) is 1.66. The zero-order valence-electron chi connectivity index (χ0n) is 9.80. The fourth-order valence-electron chi connectivity index (χ4n) is 0.474. The fraction of sp³-hybridized carbons (Fsp3) is 0.500. The Morgan fingerprint density at radius 3 is 1.92 bits per heavy atom. The third-order valence-electron chi connectivity index (χ3n) is 1.05. The summed E-state index contributed by atoms with van der Waals surface area (Å²) in [5, 5.41) is 0. The first-order valence-corrected chi connectivity index (χ1v) is 4.99. The first-order valence-electron chi connectivity index (χ1n) is 4.99. The molecule has 0 saturated heterocycles. The maximum absolute atomic E-state index is 5.37. The molecule has 0 fully saturated rings. The Morgan fingerprint density at radius 2 is 1.69 bits per heavy atom. The van der Waals surface area contributed by atoms with Gasteiger partial charge in [-0.25, -0.2) is 0 Å². The molecule has 1 nitrogen and oxygen atoms in total.